The van der Waals surface area contributed by atoms with E-state index in [1.807, 2.05) is 24.3 Å². The van der Waals surface area contributed by atoms with Crippen molar-refractivity contribution in [1.82, 2.24) is 9.88 Å². The summed E-state index contributed by atoms with van der Waals surface area (Å²) < 4.78 is 26.7. The van der Waals surface area contributed by atoms with Crippen molar-refractivity contribution >= 4 is 28.7 Å². The van der Waals surface area contributed by atoms with Crippen molar-refractivity contribution in [2.75, 3.05) is 39.2 Å². The van der Waals surface area contributed by atoms with Gasteiger partial charge in [-0.1, -0.05) is 26.0 Å². The number of rotatable bonds is 9. The van der Waals surface area contributed by atoms with Gasteiger partial charge in [0.05, 0.1) is 31.9 Å². The zero-order chi connectivity index (χ0) is 28.7. The number of hydrogen-bond acceptors (Lipinski definition) is 6. The number of nitrogens with one attached hydrogen (secondary N) is 2. The highest BCUT2D eigenvalue weighted by Gasteiger charge is 2.36. The van der Waals surface area contributed by atoms with Crippen molar-refractivity contribution in [1.29, 1.82) is 5.41 Å². The molecule has 5 rings (SSSR count). The van der Waals surface area contributed by atoms with E-state index in [1.54, 1.807) is 31.4 Å². The van der Waals surface area contributed by atoms with Crippen molar-refractivity contribution in [2.24, 2.45) is 0 Å². The highest BCUT2D eigenvalue weighted by Crippen LogP contribution is 2.44. The number of amides is 1. The zero-order valence-corrected chi connectivity index (χ0v) is 22.8. The van der Waals surface area contributed by atoms with Crippen LogP contribution in [0.15, 0.2) is 60.7 Å². The molecule has 208 valence electrons. The molecule has 1 amide bonds. The van der Waals surface area contributed by atoms with Crippen LogP contribution in [0.3, 0.4) is 0 Å². The quantitative estimate of drug-likeness (QED) is 0.183. The molecule has 0 bridgehead atoms. The Balaban J connectivity index is 1.69. The average Bonchev–Trinajstić information content (AvgIpc) is 3.25. The van der Waals surface area contributed by atoms with Crippen LogP contribution in [0.1, 0.15) is 35.5 Å². The van der Waals surface area contributed by atoms with Crippen molar-refractivity contribution in [3.05, 3.63) is 83.3 Å². The maximum Gasteiger partial charge on any atom is 0.251 e. The molecule has 1 aromatic heterocycles. The Morgan fingerprint density at radius 1 is 1.20 bits per heavy atom. The van der Waals surface area contributed by atoms with Crippen molar-refractivity contribution in [3.8, 4) is 16.8 Å². The summed E-state index contributed by atoms with van der Waals surface area (Å²) in [4.78, 5) is 12.8. The minimum Gasteiger partial charge on any atom is -0.398 e. The van der Waals surface area contributed by atoms with Gasteiger partial charge in [0.25, 0.3) is 5.91 Å². The standard InChI is InChI=1S/C31H33FN4O4/c1-30(2,16-39-3)28-27(19-4-6-20(7-5-19)29(37)35-15-31(38)17-40-18-31)24-13-25(34)21(14-33)12-26(24)36(28)23-10-8-22(32)9-11-23/h4-14,33,38H,15-18,34H2,1-3H3,(H,35,37). The predicted octanol–water partition coefficient (Wildman–Crippen LogP) is 4.43. The Kier molecular flexibility index (Phi) is 7.22. The molecule has 0 spiro atoms. The summed E-state index contributed by atoms with van der Waals surface area (Å²) in [5.74, 6) is -0.631. The van der Waals surface area contributed by atoms with Crippen LogP contribution in [0, 0.1) is 11.2 Å². The fraction of sp³-hybridized carbons (Fsp3) is 0.290. The topological polar surface area (TPSA) is 123 Å². The number of methoxy groups -OCH3 is 1. The number of halogens is 1. The largest absolute Gasteiger partial charge is 0.398 e. The van der Waals surface area contributed by atoms with Crippen LogP contribution in [0.2, 0.25) is 0 Å². The molecular weight excluding hydrogens is 511 g/mol. The van der Waals surface area contributed by atoms with E-state index in [0.717, 1.165) is 33.4 Å². The van der Waals surface area contributed by atoms with Gasteiger partial charge in [0.15, 0.2) is 0 Å². The molecule has 5 N–H and O–H groups in total. The third kappa shape index (κ3) is 4.99. The summed E-state index contributed by atoms with van der Waals surface area (Å²) in [5.41, 5.74) is 10.6. The van der Waals surface area contributed by atoms with E-state index < -0.39 is 11.0 Å². The fourth-order valence-electron chi connectivity index (χ4n) is 5.29. The van der Waals surface area contributed by atoms with Gasteiger partial charge >= 0.3 is 0 Å². The van der Waals surface area contributed by atoms with Crippen LogP contribution in [0.5, 0.6) is 0 Å². The Hall–Kier alpha value is -4.05. The lowest BCUT2D eigenvalue weighted by Crippen LogP contribution is -2.56. The normalized spacial score (nSPS) is 14.6. The van der Waals surface area contributed by atoms with Crippen LogP contribution >= 0.6 is 0 Å². The first-order valence-electron chi connectivity index (χ1n) is 13.0. The van der Waals surface area contributed by atoms with Crippen LogP contribution in [-0.4, -0.2) is 60.9 Å². The van der Waals surface area contributed by atoms with E-state index in [4.69, 9.17) is 20.6 Å². The Morgan fingerprint density at radius 3 is 2.45 bits per heavy atom. The van der Waals surface area contributed by atoms with Crippen molar-refractivity contribution < 1.29 is 23.8 Å². The van der Waals surface area contributed by atoms with Gasteiger partial charge < -0.3 is 35.6 Å². The van der Waals surface area contributed by atoms with E-state index in [-0.39, 0.29) is 31.5 Å². The molecule has 4 aromatic rings. The van der Waals surface area contributed by atoms with Gasteiger partial charge in [-0.25, -0.2) is 4.39 Å². The maximum absolute atomic E-state index is 13.9. The number of ether oxygens (including phenoxy) is 2. The molecule has 0 atom stereocenters. The first-order valence-corrected chi connectivity index (χ1v) is 13.0. The molecule has 0 radical (unpaired) electrons. The van der Waals surface area contributed by atoms with Gasteiger partial charge in [0.1, 0.15) is 11.4 Å². The number of nitrogen functional groups attached to an aromatic ring is 1. The summed E-state index contributed by atoms with van der Waals surface area (Å²) >= 11 is 0. The molecule has 2 heterocycles. The monoisotopic (exact) mass is 544 g/mol. The smallest absolute Gasteiger partial charge is 0.251 e. The molecule has 0 aliphatic carbocycles. The highest BCUT2D eigenvalue weighted by atomic mass is 19.1. The van der Waals surface area contributed by atoms with Crippen LogP contribution in [0.4, 0.5) is 10.1 Å². The van der Waals surface area contributed by atoms with E-state index in [0.29, 0.717) is 23.4 Å². The zero-order valence-electron chi connectivity index (χ0n) is 22.8. The lowest BCUT2D eigenvalue weighted by Gasteiger charge is -2.36. The number of anilines is 1. The number of benzene rings is 3. The highest BCUT2D eigenvalue weighted by molar-refractivity contribution is 6.05. The van der Waals surface area contributed by atoms with Gasteiger partial charge in [0.2, 0.25) is 0 Å². The first kappa shape index (κ1) is 27.5. The lowest BCUT2D eigenvalue weighted by atomic mass is 9.84. The number of nitrogens with zero attached hydrogens (tertiary/aromatic N) is 1. The number of carbonyl (C=O) groups is 1. The second kappa shape index (κ2) is 10.5. The van der Waals surface area contributed by atoms with Crippen LogP contribution < -0.4 is 11.1 Å². The lowest BCUT2D eigenvalue weighted by molar-refractivity contribution is -0.173. The molecule has 9 heteroatoms. The van der Waals surface area contributed by atoms with Gasteiger partial charge in [-0.2, -0.15) is 0 Å². The number of aliphatic hydroxyl groups is 1. The van der Waals surface area contributed by atoms with Crippen molar-refractivity contribution in [2.45, 2.75) is 24.9 Å². The second-order valence-corrected chi connectivity index (χ2v) is 11.0. The molecule has 0 saturated carbocycles. The fourth-order valence-corrected chi connectivity index (χ4v) is 5.29. The average molecular weight is 545 g/mol. The van der Waals surface area contributed by atoms with E-state index in [2.05, 4.69) is 23.7 Å². The van der Waals surface area contributed by atoms with Crippen LogP contribution in [0.25, 0.3) is 27.7 Å². The second-order valence-electron chi connectivity index (χ2n) is 11.0. The number of nitrogens with two attached hydrogens (primary N) is 1. The number of hydrogen-bond donors (Lipinski definition) is 4. The third-order valence-electron chi connectivity index (χ3n) is 7.31. The summed E-state index contributed by atoms with van der Waals surface area (Å²) in [5, 5.41) is 21.7. The number of carbonyl (C=O) groups excluding carboxylic acids is 1. The number of fused-ring (bicyclic) bond motifs is 1. The molecule has 1 aliphatic rings. The third-order valence-corrected chi connectivity index (χ3v) is 7.31. The van der Waals surface area contributed by atoms with E-state index in [1.165, 1.54) is 18.3 Å². The molecule has 3 aromatic carbocycles. The number of aromatic nitrogens is 1. The molecule has 1 fully saturated rings. The SMILES string of the molecule is COCC(C)(C)c1c(-c2ccc(C(=O)NCC3(O)COC3)cc2)c2cc(N)c(C=N)cc2n1-c1ccc(F)cc1. The molecule has 1 aliphatic heterocycles. The Morgan fingerprint density at radius 2 is 1.88 bits per heavy atom. The van der Waals surface area contributed by atoms with E-state index in [9.17, 15) is 14.3 Å². The Bertz CT molecular complexity index is 1570. The molecular formula is C31H33FN4O4. The van der Waals surface area contributed by atoms with Crippen LogP contribution in [-0.2, 0) is 14.9 Å². The minimum atomic E-state index is -1.02. The van der Waals surface area contributed by atoms with E-state index >= 15 is 0 Å². The molecule has 0 unspecified atom stereocenters. The molecule has 1 saturated heterocycles. The summed E-state index contributed by atoms with van der Waals surface area (Å²) in [6.07, 6.45) is 1.22. The molecule has 8 nitrogen and oxygen atoms in total. The van der Waals surface area contributed by atoms with Gasteiger partial charge in [-0.15, -0.1) is 0 Å². The van der Waals surface area contributed by atoms with Gasteiger partial charge in [0, 0.05) is 57.9 Å². The maximum atomic E-state index is 13.9. The van der Waals surface area contributed by atoms with Crippen molar-refractivity contribution in [3.63, 3.8) is 0 Å². The first-order chi connectivity index (χ1) is 19.1. The Labute approximate surface area is 232 Å². The summed E-state index contributed by atoms with van der Waals surface area (Å²) in [7, 11) is 1.65. The summed E-state index contributed by atoms with van der Waals surface area (Å²) in [6, 6.07) is 17.3. The summed E-state index contributed by atoms with van der Waals surface area (Å²) in [6.45, 7) is 5.07. The minimum absolute atomic E-state index is 0.114. The van der Waals surface area contributed by atoms with Gasteiger partial charge in [-0.3, -0.25) is 4.79 Å². The van der Waals surface area contributed by atoms with Gasteiger partial charge in [-0.05, 0) is 54.1 Å². The molecule has 40 heavy (non-hydrogen) atoms. The predicted molar refractivity (Wildman–Crippen MR) is 154 cm³/mol.